The van der Waals surface area contributed by atoms with Crippen molar-refractivity contribution in [3.8, 4) is 0 Å². The van der Waals surface area contributed by atoms with Gasteiger partial charge < -0.3 is 10.4 Å². The lowest BCUT2D eigenvalue weighted by Gasteiger charge is -2.36. The average molecular weight is 297 g/mol. The molecule has 2 aromatic heterocycles. The standard InChI is InChI=1S/C11H13BrN4O/c12-8-3-1-6-16-9(8)14-10(15-16)13-7-11(17)4-2-5-11/h1,3,6,17H,2,4-5,7H2,(H,13,15). The van der Waals surface area contributed by atoms with Crippen molar-refractivity contribution in [2.75, 3.05) is 11.9 Å². The van der Waals surface area contributed by atoms with Crippen LogP contribution < -0.4 is 5.32 Å². The second-order valence-electron chi connectivity index (χ2n) is 4.49. The number of anilines is 1. The van der Waals surface area contributed by atoms with Crippen molar-refractivity contribution in [3.05, 3.63) is 22.8 Å². The molecule has 3 rings (SSSR count). The van der Waals surface area contributed by atoms with Gasteiger partial charge in [-0.2, -0.15) is 4.98 Å². The Balaban J connectivity index is 1.79. The molecule has 6 heteroatoms. The molecule has 1 aliphatic carbocycles. The number of halogens is 1. The minimum absolute atomic E-state index is 0.515. The molecule has 2 aromatic rings. The van der Waals surface area contributed by atoms with Crippen molar-refractivity contribution in [3.63, 3.8) is 0 Å². The van der Waals surface area contributed by atoms with Crippen LogP contribution in [0.4, 0.5) is 5.95 Å². The number of hydrogen-bond acceptors (Lipinski definition) is 4. The smallest absolute Gasteiger partial charge is 0.243 e. The second-order valence-corrected chi connectivity index (χ2v) is 5.35. The first-order chi connectivity index (χ1) is 8.16. The van der Waals surface area contributed by atoms with Crippen LogP contribution in [0.2, 0.25) is 0 Å². The Morgan fingerprint density at radius 1 is 1.53 bits per heavy atom. The first kappa shape index (κ1) is 11.0. The Kier molecular flexibility index (Phi) is 2.56. The SMILES string of the molecule is OC1(CNc2nc3c(Br)cccn3n2)CCC1. The summed E-state index contributed by atoms with van der Waals surface area (Å²) in [5.74, 6) is 0.553. The predicted molar refractivity (Wildman–Crippen MR) is 68.0 cm³/mol. The van der Waals surface area contributed by atoms with Gasteiger partial charge >= 0.3 is 0 Å². The highest BCUT2D eigenvalue weighted by atomic mass is 79.9. The molecule has 2 N–H and O–H groups in total. The third kappa shape index (κ3) is 2.02. The van der Waals surface area contributed by atoms with E-state index in [1.54, 1.807) is 4.52 Å². The van der Waals surface area contributed by atoms with E-state index >= 15 is 0 Å². The normalized spacial score (nSPS) is 18.0. The maximum atomic E-state index is 9.97. The zero-order chi connectivity index (χ0) is 11.9. The molecule has 1 aliphatic rings. The highest BCUT2D eigenvalue weighted by Gasteiger charge is 2.34. The van der Waals surface area contributed by atoms with E-state index in [9.17, 15) is 5.11 Å². The maximum absolute atomic E-state index is 9.97. The fourth-order valence-electron chi connectivity index (χ4n) is 1.95. The van der Waals surface area contributed by atoms with Crippen LogP contribution in [0.15, 0.2) is 22.8 Å². The van der Waals surface area contributed by atoms with Gasteiger partial charge in [-0.3, -0.25) is 0 Å². The summed E-state index contributed by atoms with van der Waals surface area (Å²) >= 11 is 3.43. The number of pyridine rings is 1. The summed E-state index contributed by atoms with van der Waals surface area (Å²) in [7, 11) is 0. The fraction of sp³-hybridized carbons (Fsp3) is 0.455. The van der Waals surface area contributed by atoms with E-state index in [4.69, 9.17) is 0 Å². The highest BCUT2D eigenvalue weighted by molar-refractivity contribution is 9.10. The minimum atomic E-state index is -0.561. The summed E-state index contributed by atoms with van der Waals surface area (Å²) in [5.41, 5.74) is 0.213. The summed E-state index contributed by atoms with van der Waals surface area (Å²) in [6.07, 6.45) is 4.66. The molecule has 0 atom stereocenters. The van der Waals surface area contributed by atoms with Gasteiger partial charge in [0.1, 0.15) is 0 Å². The van der Waals surface area contributed by atoms with Crippen LogP contribution in [0.3, 0.4) is 0 Å². The van der Waals surface area contributed by atoms with E-state index in [0.29, 0.717) is 12.5 Å². The Hall–Kier alpha value is -1.14. The molecule has 0 unspecified atom stereocenters. The molecule has 0 aromatic carbocycles. The van der Waals surface area contributed by atoms with Gasteiger partial charge in [-0.1, -0.05) is 0 Å². The topological polar surface area (TPSA) is 62.5 Å². The van der Waals surface area contributed by atoms with Gasteiger partial charge in [0.25, 0.3) is 0 Å². The van der Waals surface area contributed by atoms with Crippen LogP contribution >= 0.6 is 15.9 Å². The number of rotatable bonds is 3. The summed E-state index contributed by atoms with van der Waals surface area (Å²) < 4.78 is 2.61. The van der Waals surface area contributed by atoms with Crippen LogP contribution in [0.5, 0.6) is 0 Å². The van der Waals surface area contributed by atoms with Crippen molar-refractivity contribution < 1.29 is 5.11 Å². The monoisotopic (exact) mass is 296 g/mol. The third-order valence-corrected chi connectivity index (χ3v) is 3.79. The number of nitrogens with one attached hydrogen (secondary N) is 1. The van der Waals surface area contributed by atoms with Gasteiger partial charge in [0.05, 0.1) is 10.1 Å². The van der Waals surface area contributed by atoms with Crippen LogP contribution in [0.25, 0.3) is 5.65 Å². The molecule has 5 nitrogen and oxygen atoms in total. The van der Waals surface area contributed by atoms with Gasteiger partial charge in [0.2, 0.25) is 5.95 Å². The summed E-state index contributed by atoms with van der Waals surface area (Å²) in [6.45, 7) is 0.515. The Morgan fingerprint density at radius 2 is 2.35 bits per heavy atom. The predicted octanol–water partition coefficient (Wildman–Crippen LogP) is 1.82. The number of aliphatic hydroxyl groups is 1. The van der Waals surface area contributed by atoms with E-state index < -0.39 is 5.60 Å². The van der Waals surface area contributed by atoms with Crippen molar-refractivity contribution in [1.82, 2.24) is 14.6 Å². The van der Waals surface area contributed by atoms with Crippen molar-refractivity contribution >= 4 is 27.5 Å². The first-order valence-corrected chi connectivity index (χ1v) is 6.43. The first-order valence-electron chi connectivity index (χ1n) is 5.63. The molecule has 0 aliphatic heterocycles. The maximum Gasteiger partial charge on any atom is 0.243 e. The zero-order valence-corrected chi connectivity index (χ0v) is 10.8. The molecular formula is C11H13BrN4O. The largest absolute Gasteiger partial charge is 0.388 e. The van der Waals surface area contributed by atoms with E-state index in [1.807, 2.05) is 18.3 Å². The quantitative estimate of drug-likeness (QED) is 0.907. The van der Waals surface area contributed by atoms with Crippen molar-refractivity contribution in [1.29, 1.82) is 0 Å². The zero-order valence-electron chi connectivity index (χ0n) is 9.23. The molecule has 0 radical (unpaired) electrons. The highest BCUT2D eigenvalue weighted by Crippen LogP contribution is 2.31. The molecule has 0 amide bonds. The van der Waals surface area contributed by atoms with Crippen LogP contribution in [-0.2, 0) is 0 Å². The van der Waals surface area contributed by atoms with Gasteiger partial charge in [-0.05, 0) is 47.3 Å². The lowest BCUT2D eigenvalue weighted by atomic mass is 9.80. The van der Waals surface area contributed by atoms with Gasteiger partial charge in [-0.25, -0.2) is 4.52 Å². The van der Waals surface area contributed by atoms with E-state index in [-0.39, 0.29) is 0 Å². The van der Waals surface area contributed by atoms with Crippen molar-refractivity contribution in [2.24, 2.45) is 0 Å². The molecule has 17 heavy (non-hydrogen) atoms. The minimum Gasteiger partial charge on any atom is -0.388 e. The number of fused-ring (bicyclic) bond motifs is 1. The second kappa shape index (κ2) is 3.96. The van der Waals surface area contributed by atoms with E-state index in [1.165, 1.54) is 0 Å². The summed E-state index contributed by atoms with van der Waals surface area (Å²) in [5, 5.41) is 17.3. The number of aromatic nitrogens is 3. The molecule has 0 bridgehead atoms. The van der Waals surface area contributed by atoms with Gasteiger partial charge in [0, 0.05) is 12.7 Å². The van der Waals surface area contributed by atoms with Crippen molar-refractivity contribution in [2.45, 2.75) is 24.9 Å². The Bertz CT molecular complexity index is 549. The number of nitrogens with zero attached hydrogens (tertiary/aromatic N) is 3. The fourth-order valence-corrected chi connectivity index (χ4v) is 2.38. The molecule has 1 fully saturated rings. The lowest BCUT2D eigenvalue weighted by molar-refractivity contribution is -0.0203. The lowest BCUT2D eigenvalue weighted by Crippen LogP contribution is -2.43. The van der Waals surface area contributed by atoms with Crippen LogP contribution in [0.1, 0.15) is 19.3 Å². The molecular weight excluding hydrogens is 284 g/mol. The van der Waals surface area contributed by atoms with E-state index in [0.717, 1.165) is 29.4 Å². The van der Waals surface area contributed by atoms with Crippen LogP contribution in [0, 0.1) is 0 Å². The summed E-state index contributed by atoms with van der Waals surface area (Å²) in [6, 6.07) is 3.82. The molecule has 2 heterocycles. The molecule has 90 valence electrons. The molecule has 0 spiro atoms. The molecule has 0 saturated heterocycles. The number of hydrogen-bond donors (Lipinski definition) is 2. The third-order valence-electron chi connectivity index (χ3n) is 3.17. The average Bonchev–Trinajstić information content (AvgIpc) is 2.68. The van der Waals surface area contributed by atoms with Gasteiger partial charge in [0.15, 0.2) is 5.65 Å². The Morgan fingerprint density at radius 3 is 3.00 bits per heavy atom. The Labute approximate surface area is 107 Å². The van der Waals surface area contributed by atoms with E-state index in [2.05, 4.69) is 31.3 Å². The van der Waals surface area contributed by atoms with Crippen LogP contribution in [-0.4, -0.2) is 31.9 Å². The molecule has 1 saturated carbocycles. The summed E-state index contributed by atoms with van der Waals surface area (Å²) in [4.78, 5) is 4.36. The van der Waals surface area contributed by atoms with Gasteiger partial charge in [-0.15, -0.1) is 5.10 Å².